The van der Waals surface area contributed by atoms with Gasteiger partial charge in [-0.05, 0) is 56.4 Å². The highest BCUT2D eigenvalue weighted by molar-refractivity contribution is 6.37. The van der Waals surface area contributed by atoms with Gasteiger partial charge in [-0.1, -0.05) is 42.5 Å². The van der Waals surface area contributed by atoms with Crippen molar-refractivity contribution >= 4 is 34.5 Å². The number of rotatable bonds is 7. The molecular weight excluding hydrogens is 483 g/mol. The van der Waals surface area contributed by atoms with Crippen LogP contribution in [0.25, 0.3) is 11.3 Å². The summed E-state index contributed by atoms with van der Waals surface area (Å²) in [6.07, 6.45) is -4.55. The number of halogens is 3. The Bertz CT molecular complexity index is 1370. The number of fused-ring (bicyclic) bond motifs is 1. The van der Waals surface area contributed by atoms with E-state index in [9.17, 15) is 22.8 Å². The predicted molar refractivity (Wildman–Crippen MR) is 137 cm³/mol. The van der Waals surface area contributed by atoms with Gasteiger partial charge in [0.15, 0.2) is 0 Å². The van der Waals surface area contributed by atoms with Crippen molar-refractivity contribution in [3.8, 4) is 0 Å². The van der Waals surface area contributed by atoms with Crippen LogP contribution in [-0.2, 0) is 22.3 Å². The highest BCUT2D eigenvalue weighted by atomic mass is 19.4. The minimum atomic E-state index is -4.55. The summed E-state index contributed by atoms with van der Waals surface area (Å²) in [5.41, 5.74) is 2.00. The number of carbonyl (C=O) groups is 2. The van der Waals surface area contributed by atoms with E-state index in [1.807, 2.05) is 0 Å². The number of carbonyl (C=O) groups excluding carboxylic acids is 2. The molecule has 6 nitrogen and oxygen atoms in total. The molecule has 1 heterocycles. The third-order valence-electron chi connectivity index (χ3n) is 5.76. The molecule has 0 unspecified atom stereocenters. The summed E-state index contributed by atoms with van der Waals surface area (Å²) in [7, 11) is 3.40. The molecule has 0 saturated carbocycles. The van der Waals surface area contributed by atoms with E-state index in [4.69, 9.17) is 4.74 Å². The topological polar surface area (TPSA) is 70.7 Å². The standard InChI is InChI=1S/C28H26F3N3O3/c1-4-37-27(36)18-11-13-21-23(14-18)33-26(35)24(21)25(17-8-6-5-7-9-17)32-20-12-10-19(16-34(2)3)22(15-20)28(29,30)31/h5-15,32H,4,16H2,1-3H3,(H,33,35)/b25-24-. The fraction of sp³-hybridized carbons (Fsp3) is 0.214. The molecular formula is C28H26F3N3O3. The molecule has 4 rings (SSSR count). The van der Waals surface area contributed by atoms with E-state index in [1.165, 1.54) is 12.1 Å². The molecule has 0 atom stereocenters. The van der Waals surface area contributed by atoms with Crippen molar-refractivity contribution in [2.24, 2.45) is 0 Å². The molecule has 192 valence electrons. The van der Waals surface area contributed by atoms with Crippen LogP contribution in [0, 0.1) is 0 Å². The maximum atomic E-state index is 13.9. The average molecular weight is 510 g/mol. The van der Waals surface area contributed by atoms with E-state index < -0.39 is 23.6 Å². The number of esters is 1. The smallest absolute Gasteiger partial charge is 0.416 e. The maximum absolute atomic E-state index is 13.9. The zero-order chi connectivity index (χ0) is 26.7. The van der Waals surface area contributed by atoms with E-state index in [-0.39, 0.29) is 35.5 Å². The van der Waals surface area contributed by atoms with Crippen molar-refractivity contribution in [1.29, 1.82) is 0 Å². The molecule has 0 aromatic heterocycles. The number of nitrogens with zero attached hydrogens (tertiary/aromatic N) is 1. The van der Waals surface area contributed by atoms with Gasteiger partial charge in [0.25, 0.3) is 5.91 Å². The van der Waals surface area contributed by atoms with E-state index in [0.717, 1.165) is 6.07 Å². The van der Waals surface area contributed by atoms with Gasteiger partial charge in [0, 0.05) is 17.8 Å². The van der Waals surface area contributed by atoms with Crippen molar-refractivity contribution in [2.75, 3.05) is 31.3 Å². The van der Waals surface area contributed by atoms with Gasteiger partial charge >= 0.3 is 12.1 Å². The molecule has 0 spiro atoms. The van der Waals surface area contributed by atoms with E-state index >= 15 is 0 Å². The number of ether oxygens (including phenoxy) is 1. The first kappa shape index (κ1) is 26.0. The Morgan fingerprint density at radius 1 is 1.00 bits per heavy atom. The van der Waals surface area contributed by atoms with Gasteiger partial charge in [-0.15, -0.1) is 0 Å². The molecule has 37 heavy (non-hydrogen) atoms. The van der Waals surface area contributed by atoms with Crippen molar-refractivity contribution in [2.45, 2.75) is 19.6 Å². The molecule has 0 aliphatic carbocycles. The summed E-state index contributed by atoms with van der Waals surface area (Å²) in [5, 5.41) is 5.83. The van der Waals surface area contributed by atoms with Crippen molar-refractivity contribution in [3.63, 3.8) is 0 Å². The van der Waals surface area contributed by atoms with Crippen molar-refractivity contribution in [3.05, 3.63) is 94.5 Å². The lowest BCUT2D eigenvalue weighted by Gasteiger charge is -2.19. The van der Waals surface area contributed by atoms with Gasteiger partial charge in [0.1, 0.15) is 0 Å². The van der Waals surface area contributed by atoms with Crippen LogP contribution >= 0.6 is 0 Å². The zero-order valence-electron chi connectivity index (χ0n) is 20.6. The monoisotopic (exact) mass is 509 g/mol. The van der Waals surface area contributed by atoms with Crippen LogP contribution in [0.1, 0.15) is 39.5 Å². The SMILES string of the molecule is CCOC(=O)c1ccc2c(c1)NC(=O)/C2=C(\Nc1ccc(CN(C)C)c(C(F)(F)F)c1)c1ccccc1. The summed E-state index contributed by atoms with van der Waals surface area (Å²) in [4.78, 5) is 27.0. The molecule has 0 radical (unpaired) electrons. The Morgan fingerprint density at radius 2 is 1.73 bits per heavy atom. The van der Waals surface area contributed by atoms with Crippen LogP contribution in [-0.4, -0.2) is 37.5 Å². The number of benzene rings is 3. The van der Waals surface area contributed by atoms with Crippen LogP contribution in [0.4, 0.5) is 24.5 Å². The highest BCUT2D eigenvalue weighted by Crippen LogP contribution is 2.39. The van der Waals surface area contributed by atoms with Crippen molar-refractivity contribution < 1.29 is 27.5 Å². The first-order chi connectivity index (χ1) is 17.6. The molecule has 9 heteroatoms. The second-order valence-electron chi connectivity index (χ2n) is 8.78. The van der Waals surface area contributed by atoms with Gasteiger partial charge in [-0.25, -0.2) is 4.79 Å². The number of nitrogens with one attached hydrogen (secondary N) is 2. The fourth-order valence-electron chi connectivity index (χ4n) is 4.19. The molecule has 0 fully saturated rings. The normalized spacial score (nSPS) is 14.3. The van der Waals surface area contributed by atoms with Crippen LogP contribution in [0.15, 0.2) is 66.7 Å². The fourth-order valence-corrected chi connectivity index (χ4v) is 4.19. The molecule has 1 aliphatic heterocycles. The lowest BCUT2D eigenvalue weighted by Crippen LogP contribution is -2.17. The Hall–Kier alpha value is -4.11. The number of amides is 1. The quantitative estimate of drug-likeness (QED) is 0.308. The summed E-state index contributed by atoms with van der Waals surface area (Å²) < 4.78 is 46.7. The summed E-state index contributed by atoms with van der Waals surface area (Å²) in [6.45, 7) is 2.03. The molecule has 3 aromatic rings. The van der Waals surface area contributed by atoms with Gasteiger partial charge in [-0.2, -0.15) is 13.2 Å². The van der Waals surface area contributed by atoms with Crippen LogP contribution in [0.5, 0.6) is 0 Å². The van der Waals surface area contributed by atoms with Gasteiger partial charge in [0.2, 0.25) is 0 Å². The van der Waals surface area contributed by atoms with E-state index in [1.54, 1.807) is 74.4 Å². The molecule has 3 aromatic carbocycles. The molecule has 0 bridgehead atoms. The zero-order valence-corrected chi connectivity index (χ0v) is 20.6. The van der Waals surface area contributed by atoms with E-state index in [2.05, 4.69) is 10.6 Å². The van der Waals surface area contributed by atoms with Gasteiger partial charge in [0.05, 0.1) is 34.7 Å². The molecule has 0 saturated heterocycles. The minimum absolute atomic E-state index is 0.125. The second-order valence-corrected chi connectivity index (χ2v) is 8.78. The predicted octanol–water partition coefficient (Wildman–Crippen LogP) is 5.88. The van der Waals surface area contributed by atoms with Gasteiger partial charge < -0.3 is 20.3 Å². The second kappa shape index (κ2) is 10.5. The minimum Gasteiger partial charge on any atom is -0.462 e. The maximum Gasteiger partial charge on any atom is 0.416 e. The Labute approximate surface area is 212 Å². The Kier molecular flexibility index (Phi) is 7.35. The molecule has 1 amide bonds. The molecule has 1 aliphatic rings. The number of anilines is 2. The first-order valence-electron chi connectivity index (χ1n) is 11.6. The summed E-state index contributed by atoms with van der Waals surface area (Å²) in [5.74, 6) is -0.960. The first-order valence-corrected chi connectivity index (χ1v) is 11.6. The highest BCUT2D eigenvalue weighted by Gasteiger charge is 2.34. The van der Waals surface area contributed by atoms with Crippen LogP contribution in [0.2, 0.25) is 0 Å². The van der Waals surface area contributed by atoms with Crippen molar-refractivity contribution in [1.82, 2.24) is 4.90 Å². The number of hydrogen-bond donors (Lipinski definition) is 2. The number of hydrogen-bond acceptors (Lipinski definition) is 5. The van der Waals surface area contributed by atoms with Crippen LogP contribution in [0.3, 0.4) is 0 Å². The van der Waals surface area contributed by atoms with Crippen LogP contribution < -0.4 is 10.6 Å². The largest absolute Gasteiger partial charge is 0.462 e. The molecule has 2 N–H and O–H groups in total. The van der Waals surface area contributed by atoms with E-state index in [0.29, 0.717) is 22.5 Å². The third-order valence-corrected chi connectivity index (χ3v) is 5.76. The average Bonchev–Trinajstić information content (AvgIpc) is 3.17. The third kappa shape index (κ3) is 5.67. The summed E-state index contributed by atoms with van der Waals surface area (Å²) in [6, 6.07) is 17.6. The lowest BCUT2D eigenvalue weighted by atomic mass is 9.98. The van der Waals surface area contributed by atoms with Gasteiger partial charge in [-0.3, -0.25) is 4.79 Å². The Balaban J connectivity index is 1.83. The lowest BCUT2D eigenvalue weighted by molar-refractivity contribution is -0.138. The Morgan fingerprint density at radius 3 is 2.38 bits per heavy atom. The summed E-state index contributed by atoms with van der Waals surface area (Å²) >= 11 is 0. The number of alkyl halides is 3.